The Balaban J connectivity index is 2.01. The van der Waals surface area contributed by atoms with Gasteiger partial charge in [0.05, 0.1) is 11.6 Å². The van der Waals surface area contributed by atoms with Gasteiger partial charge in [0.1, 0.15) is 0 Å². The summed E-state index contributed by atoms with van der Waals surface area (Å²) in [5.74, 6) is 0. The molecule has 0 saturated heterocycles. The monoisotopic (exact) mass is 300 g/mol. The maximum Gasteiger partial charge on any atom is 0.0693 e. The second-order valence-electron chi connectivity index (χ2n) is 4.50. The molecule has 0 aromatic heterocycles. The third-order valence-electron chi connectivity index (χ3n) is 3.16. The van der Waals surface area contributed by atoms with Crippen LogP contribution in [0, 0.1) is 0 Å². The summed E-state index contributed by atoms with van der Waals surface area (Å²) in [6.07, 6.45) is 0. The molecule has 20 heavy (non-hydrogen) atoms. The summed E-state index contributed by atoms with van der Waals surface area (Å²) in [5, 5.41) is 12.5. The number of hydrogen-bond acceptors (Lipinski definition) is 2. The van der Waals surface area contributed by atoms with Gasteiger partial charge in [-0.1, -0.05) is 65.8 Å². The second-order valence-corrected chi connectivity index (χ2v) is 5.99. The van der Waals surface area contributed by atoms with Crippen LogP contribution in [-0.2, 0) is 6.61 Å². The highest BCUT2D eigenvalue weighted by Crippen LogP contribution is 2.37. The first-order valence-corrected chi connectivity index (χ1v) is 7.52. The van der Waals surface area contributed by atoms with E-state index in [1.54, 1.807) is 11.8 Å². The molecule has 3 aromatic carbocycles. The van der Waals surface area contributed by atoms with Crippen LogP contribution in [0.2, 0.25) is 5.02 Å². The van der Waals surface area contributed by atoms with Crippen LogP contribution in [0.1, 0.15) is 5.56 Å². The van der Waals surface area contributed by atoms with Crippen LogP contribution >= 0.6 is 23.4 Å². The van der Waals surface area contributed by atoms with Gasteiger partial charge >= 0.3 is 0 Å². The highest BCUT2D eigenvalue weighted by molar-refractivity contribution is 7.99. The van der Waals surface area contributed by atoms with Crippen molar-refractivity contribution in [1.29, 1.82) is 0 Å². The van der Waals surface area contributed by atoms with Crippen LogP contribution in [0.5, 0.6) is 0 Å². The number of fused-ring (bicyclic) bond motifs is 1. The summed E-state index contributed by atoms with van der Waals surface area (Å²) >= 11 is 7.83. The van der Waals surface area contributed by atoms with Crippen molar-refractivity contribution in [1.82, 2.24) is 0 Å². The number of benzene rings is 3. The molecule has 0 radical (unpaired) electrons. The van der Waals surface area contributed by atoms with Gasteiger partial charge in [0.15, 0.2) is 0 Å². The Kier molecular flexibility index (Phi) is 3.97. The molecule has 0 aliphatic heterocycles. The van der Waals surface area contributed by atoms with Crippen molar-refractivity contribution >= 4 is 34.1 Å². The van der Waals surface area contributed by atoms with Gasteiger partial charge in [-0.2, -0.15) is 0 Å². The van der Waals surface area contributed by atoms with E-state index in [1.807, 2.05) is 30.3 Å². The molecule has 100 valence electrons. The van der Waals surface area contributed by atoms with Crippen LogP contribution in [0.25, 0.3) is 10.8 Å². The van der Waals surface area contributed by atoms with E-state index in [4.69, 9.17) is 11.6 Å². The highest BCUT2D eigenvalue weighted by atomic mass is 35.5. The van der Waals surface area contributed by atoms with E-state index in [1.165, 1.54) is 10.8 Å². The Morgan fingerprint density at radius 1 is 0.900 bits per heavy atom. The first kappa shape index (κ1) is 13.5. The minimum absolute atomic E-state index is 0.00350. The predicted molar refractivity (Wildman–Crippen MR) is 85.4 cm³/mol. The average molecular weight is 301 g/mol. The molecule has 0 unspecified atom stereocenters. The van der Waals surface area contributed by atoms with Crippen molar-refractivity contribution < 1.29 is 5.11 Å². The van der Waals surface area contributed by atoms with Crippen LogP contribution in [-0.4, -0.2) is 5.11 Å². The van der Waals surface area contributed by atoms with Crippen LogP contribution in [0.3, 0.4) is 0 Å². The fourth-order valence-electron chi connectivity index (χ4n) is 2.14. The Morgan fingerprint density at radius 3 is 2.50 bits per heavy atom. The third-order valence-corrected chi connectivity index (χ3v) is 4.76. The third kappa shape index (κ3) is 2.68. The van der Waals surface area contributed by atoms with Crippen LogP contribution in [0.15, 0.2) is 70.5 Å². The summed E-state index contributed by atoms with van der Waals surface area (Å²) in [6, 6.07) is 20.2. The van der Waals surface area contributed by atoms with Gasteiger partial charge < -0.3 is 5.11 Å². The fourth-order valence-corrected chi connectivity index (χ4v) is 3.44. The molecule has 1 N–H and O–H groups in total. The molecule has 0 spiro atoms. The molecule has 0 aliphatic rings. The van der Waals surface area contributed by atoms with Gasteiger partial charge in [-0.3, -0.25) is 0 Å². The van der Waals surface area contributed by atoms with Crippen molar-refractivity contribution in [2.45, 2.75) is 16.4 Å². The van der Waals surface area contributed by atoms with Crippen molar-refractivity contribution in [2.24, 2.45) is 0 Å². The number of rotatable bonds is 3. The minimum Gasteiger partial charge on any atom is -0.392 e. The lowest BCUT2D eigenvalue weighted by Crippen LogP contribution is -1.88. The van der Waals surface area contributed by atoms with Crippen LogP contribution < -0.4 is 0 Å². The topological polar surface area (TPSA) is 20.2 Å². The second kappa shape index (κ2) is 5.88. The molecule has 3 heteroatoms. The standard InChI is InChI=1S/C17H13ClOS/c18-16-7-3-6-14(11-19)17(16)20-15-9-8-12-4-1-2-5-13(12)10-15/h1-10,19H,11H2. The van der Waals surface area contributed by atoms with Gasteiger partial charge in [0, 0.05) is 9.79 Å². The lowest BCUT2D eigenvalue weighted by molar-refractivity contribution is 0.279. The molecular weight excluding hydrogens is 288 g/mol. The molecule has 0 saturated carbocycles. The van der Waals surface area contributed by atoms with Crippen molar-refractivity contribution in [3.05, 3.63) is 71.2 Å². The SMILES string of the molecule is OCc1cccc(Cl)c1Sc1ccc2ccccc2c1. The first-order valence-electron chi connectivity index (χ1n) is 6.33. The Hall–Kier alpha value is -1.48. The maximum absolute atomic E-state index is 9.42. The van der Waals surface area contributed by atoms with Crippen LogP contribution in [0.4, 0.5) is 0 Å². The summed E-state index contributed by atoms with van der Waals surface area (Å²) in [6.45, 7) is -0.00350. The van der Waals surface area contributed by atoms with Gasteiger partial charge in [0.2, 0.25) is 0 Å². The van der Waals surface area contributed by atoms with Gasteiger partial charge in [-0.05, 0) is 34.5 Å². The first-order chi connectivity index (χ1) is 9.78. The van der Waals surface area contributed by atoms with E-state index in [9.17, 15) is 5.11 Å². The Labute approximate surface area is 127 Å². The Morgan fingerprint density at radius 2 is 1.70 bits per heavy atom. The molecule has 0 aliphatic carbocycles. The van der Waals surface area contributed by atoms with Crippen molar-refractivity contribution in [3.8, 4) is 0 Å². The molecule has 3 aromatic rings. The van der Waals surface area contributed by atoms with E-state index in [-0.39, 0.29) is 6.61 Å². The van der Waals surface area contributed by atoms with E-state index in [0.717, 1.165) is 15.4 Å². The molecule has 3 rings (SSSR count). The van der Waals surface area contributed by atoms with E-state index < -0.39 is 0 Å². The summed E-state index contributed by atoms with van der Waals surface area (Å²) in [5.41, 5.74) is 0.857. The zero-order chi connectivity index (χ0) is 13.9. The molecule has 0 atom stereocenters. The zero-order valence-electron chi connectivity index (χ0n) is 10.7. The number of hydrogen-bond donors (Lipinski definition) is 1. The molecule has 1 nitrogen and oxygen atoms in total. The maximum atomic E-state index is 9.42. The molecule has 0 bridgehead atoms. The van der Waals surface area contributed by atoms with E-state index in [0.29, 0.717) is 5.02 Å². The highest BCUT2D eigenvalue weighted by Gasteiger charge is 2.08. The van der Waals surface area contributed by atoms with E-state index in [2.05, 4.69) is 30.3 Å². The normalized spacial score (nSPS) is 10.9. The van der Waals surface area contributed by atoms with Crippen molar-refractivity contribution in [2.75, 3.05) is 0 Å². The molecular formula is C17H13ClOS. The molecule has 0 fully saturated rings. The molecule has 0 heterocycles. The lowest BCUT2D eigenvalue weighted by Gasteiger charge is -2.09. The summed E-state index contributed by atoms with van der Waals surface area (Å²) in [7, 11) is 0. The largest absolute Gasteiger partial charge is 0.392 e. The van der Waals surface area contributed by atoms with E-state index >= 15 is 0 Å². The van der Waals surface area contributed by atoms with Gasteiger partial charge in [0.25, 0.3) is 0 Å². The predicted octanol–water partition coefficient (Wildman–Crippen LogP) is 5.14. The number of aliphatic hydroxyl groups excluding tert-OH is 1. The lowest BCUT2D eigenvalue weighted by atomic mass is 10.1. The smallest absolute Gasteiger partial charge is 0.0693 e. The minimum atomic E-state index is -0.00350. The average Bonchev–Trinajstić information content (AvgIpc) is 2.49. The number of halogens is 1. The quantitative estimate of drug-likeness (QED) is 0.723. The number of aliphatic hydroxyl groups is 1. The van der Waals surface area contributed by atoms with Crippen molar-refractivity contribution in [3.63, 3.8) is 0 Å². The summed E-state index contributed by atoms with van der Waals surface area (Å²) < 4.78 is 0. The fraction of sp³-hybridized carbons (Fsp3) is 0.0588. The van der Waals surface area contributed by atoms with Gasteiger partial charge in [-0.25, -0.2) is 0 Å². The van der Waals surface area contributed by atoms with Gasteiger partial charge in [-0.15, -0.1) is 0 Å². The molecule has 0 amide bonds. The Bertz CT molecular complexity index is 755. The zero-order valence-corrected chi connectivity index (χ0v) is 12.3. The summed E-state index contributed by atoms with van der Waals surface area (Å²) in [4.78, 5) is 2.04.